The van der Waals surface area contributed by atoms with Crippen LogP contribution in [0.2, 0.25) is 5.15 Å². The number of amides is 1. The molecule has 0 aliphatic heterocycles. The zero-order chi connectivity index (χ0) is 17.8. The van der Waals surface area contributed by atoms with E-state index < -0.39 is 0 Å². The Kier molecular flexibility index (Phi) is 5.72. The van der Waals surface area contributed by atoms with Crippen LogP contribution in [-0.2, 0) is 6.54 Å². The molecule has 0 aliphatic rings. The van der Waals surface area contributed by atoms with Crippen LogP contribution in [0.15, 0.2) is 34.7 Å². The third-order valence-electron chi connectivity index (χ3n) is 3.36. The topological polar surface area (TPSA) is 72.7 Å². The van der Waals surface area contributed by atoms with Gasteiger partial charge in [0.15, 0.2) is 4.34 Å². The molecule has 2 aromatic heterocycles. The third kappa shape index (κ3) is 4.20. The lowest BCUT2D eigenvalue weighted by Gasteiger charge is -2.04. The van der Waals surface area contributed by atoms with Crippen LogP contribution in [0, 0.1) is 6.92 Å². The fourth-order valence-electron chi connectivity index (χ4n) is 2.27. The molecule has 0 aliphatic carbocycles. The van der Waals surface area contributed by atoms with E-state index in [0.717, 1.165) is 15.7 Å². The molecule has 0 saturated carbocycles. The van der Waals surface area contributed by atoms with Crippen molar-refractivity contribution in [2.24, 2.45) is 0 Å². The number of nitrogens with one attached hydrogen (secondary N) is 1. The molecule has 1 aromatic carbocycles. The Morgan fingerprint density at radius 3 is 2.80 bits per heavy atom. The number of aryl methyl sites for hydroxylation is 1. The van der Waals surface area contributed by atoms with Gasteiger partial charge in [0, 0.05) is 0 Å². The molecule has 9 heteroatoms. The van der Waals surface area contributed by atoms with E-state index >= 15 is 0 Å². The summed E-state index contributed by atoms with van der Waals surface area (Å²) >= 11 is 9.32. The Labute approximate surface area is 158 Å². The van der Waals surface area contributed by atoms with Gasteiger partial charge in [-0.05, 0) is 18.2 Å². The highest BCUT2D eigenvalue weighted by atomic mass is 35.5. The second-order valence-electron chi connectivity index (χ2n) is 5.15. The van der Waals surface area contributed by atoms with Crippen LogP contribution in [0.25, 0.3) is 0 Å². The Balaban J connectivity index is 1.78. The zero-order valence-corrected chi connectivity index (χ0v) is 16.1. The first kappa shape index (κ1) is 17.9. The highest BCUT2D eigenvalue weighted by Crippen LogP contribution is 2.27. The van der Waals surface area contributed by atoms with E-state index in [1.165, 1.54) is 11.3 Å². The lowest BCUT2D eigenvalue weighted by molar-refractivity contribution is 0.102. The average Bonchev–Trinajstić information content (AvgIpc) is 3.13. The maximum atomic E-state index is 12.6. The molecule has 0 unspecified atom stereocenters. The number of rotatable bonds is 6. The molecule has 2 heterocycles. The van der Waals surface area contributed by atoms with Gasteiger partial charge in [0.25, 0.3) is 5.91 Å². The van der Waals surface area contributed by atoms with E-state index in [9.17, 15) is 4.79 Å². The van der Waals surface area contributed by atoms with Gasteiger partial charge in [0.2, 0.25) is 5.13 Å². The van der Waals surface area contributed by atoms with Crippen LogP contribution < -0.4 is 5.32 Å². The fraction of sp³-hybridized carbons (Fsp3) is 0.250. The number of thioether (sulfide) groups is 1. The molecule has 0 radical (unpaired) electrons. The van der Waals surface area contributed by atoms with Crippen LogP contribution in [0.5, 0.6) is 0 Å². The van der Waals surface area contributed by atoms with Crippen LogP contribution in [0.3, 0.4) is 0 Å². The minimum atomic E-state index is -0.328. The van der Waals surface area contributed by atoms with Crippen molar-refractivity contribution >= 4 is 45.7 Å². The second-order valence-corrected chi connectivity index (χ2v) is 8.00. The molecule has 0 fully saturated rings. The Bertz CT molecular complexity index is 878. The van der Waals surface area contributed by atoms with Gasteiger partial charge in [-0.2, -0.15) is 5.10 Å². The summed E-state index contributed by atoms with van der Waals surface area (Å²) in [5.74, 6) is 0.575. The molecule has 25 heavy (non-hydrogen) atoms. The van der Waals surface area contributed by atoms with E-state index in [4.69, 9.17) is 11.6 Å². The van der Waals surface area contributed by atoms with E-state index in [1.807, 2.05) is 37.3 Å². The largest absolute Gasteiger partial charge is 0.296 e. The van der Waals surface area contributed by atoms with Gasteiger partial charge in [0.05, 0.1) is 17.8 Å². The van der Waals surface area contributed by atoms with Crippen LogP contribution >= 0.6 is 34.7 Å². The molecule has 1 N–H and O–H groups in total. The van der Waals surface area contributed by atoms with E-state index in [1.54, 1.807) is 23.4 Å². The van der Waals surface area contributed by atoms with Crippen molar-refractivity contribution in [2.45, 2.75) is 24.7 Å². The quantitative estimate of drug-likeness (QED) is 0.504. The standard InChI is InChI=1S/C16H16ClN5OS2/c1-3-24-16-20-19-15(25-16)18-14(23)12-10(2)21-22(13(12)17)9-11-7-5-4-6-8-11/h4-8H,3,9H2,1-2H3,(H,18,19,23). The molecular formula is C16H16ClN5OS2. The van der Waals surface area contributed by atoms with Gasteiger partial charge >= 0.3 is 0 Å². The summed E-state index contributed by atoms with van der Waals surface area (Å²) in [4.78, 5) is 12.6. The van der Waals surface area contributed by atoms with Crippen molar-refractivity contribution < 1.29 is 4.79 Å². The summed E-state index contributed by atoms with van der Waals surface area (Å²) in [6.45, 7) is 4.30. The van der Waals surface area contributed by atoms with Crippen LogP contribution in [0.4, 0.5) is 5.13 Å². The Morgan fingerprint density at radius 2 is 2.08 bits per heavy atom. The summed E-state index contributed by atoms with van der Waals surface area (Å²) < 4.78 is 2.44. The second kappa shape index (κ2) is 7.99. The van der Waals surface area contributed by atoms with Crippen molar-refractivity contribution in [3.05, 3.63) is 52.3 Å². The molecule has 1 amide bonds. The Morgan fingerprint density at radius 1 is 1.32 bits per heavy atom. The first-order chi connectivity index (χ1) is 12.1. The molecule has 0 spiro atoms. The number of benzene rings is 1. The van der Waals surface area contributed by atoms with E-state index in [-0.39, 0.29) is 5.91 Å². The van der Waals surface area contributed by atoms with Crippen molar-refractivity contribution in [2.75, 3.05) is 11.1 Å². The number of carbonyl (C=O) groups is 1. The summed E-state index contributed by atoms with van der Waals surface area (Å²) in [6, 6.07) is 9.83. The number of halogens is 1. The molecule has 3 aromatic rings. The fourth-order valence-corrected chi connectivity index (χ4v) is 4.24. The summed E-state index contributed by atoms with van der Waals surface area (Å²) in [5, 5.41) is 15.9. The first-order valence-electron chi connectivity index (χ1n) is 7.63. The minimum absolute atomic E-state index is 0.312. The number of anilines is 1. The normalized spacial score (nSPS) is 10.8. The predicted molar refractivity (Wildman–Crippen MR) is 102 cm³/mol. The number of nitrogens with zero attached hydrogens (tertiary/aromatic N) is 4. The number of hydrogen-bond donors (Lipinski definition) is 1. The van der Waals surface area contributed by atoms with E-state index in [0.29, 0.717) is 28.1 Å². The maximum Gasteiger partial charge on any atom is 0.262 e. The number of hydrogen-bond acceptors (Lipinski definition) is 6. The first-order valence-corrected chi connectivity index (χ1v) is 9.81. The molecule has 0 bridgehead atoms. The molecule has 3 rings (SSSR count). The van der Waals surface area contributed by atoms with Crippen LogP contribution in [0.1, 0.15) is 28.5 Å². The van der Waals surface area contributed by atoms with Crippen molar-refractivity contribution in [1.29, 1.82) is 0 Å². The molecule has 0 saturated heterocycles. The molecule has 0 atom stereocenters. The number of carbonyl (C=O) groups excluding carboxylic acids is 1. The highest BCUT2D eigenvalue weighted by Gasteiger charge is 2.21. The average molecular weight is 394 g/mol. The SMILES string of the molecule is CCSc1nnc(NC(=O)c2c(C)nn(Cc3ccccc3)c2Cl)s1. The summed E-state index contributed by atoms with van der Waals surface area (Å²) in [6.07, 6.45) is 0. The molecule has 130 valence electrons. The van der Waals surface area contributed by atoms with Crippen LogP contribution in [-0.4, -0.2) is 31.6 Å². The third-order valence-corrected chi connectivity index (χ3v) is 5.60. The van der Waals surface area contributed by atoms with Crippen molar-refractivity contribution in [3.8, 4) is 0 Å². The highest BCUT2D eigenvalue weighted by molar-refractivity contribution is 8.01. The summed E-state index contributed by atoms with van der Waals surface area (Å²) in [7, 11) is 0. The van der Waals surface area contributed by atoms with E-state index in [2.05, 4.69) is 20.6 Å². The van der Waals surface area contributed by atoms with Gasteiger partial charge in [-0.15, -0.1) is 10.2 Å². The lowest BCUT2D eigenvalue weighted by atomic mass is 10.2. The minimum Gasteiger partial charge on any atom is -0.296 e. The molecular weight excluding hydrogens is 378 g/mol. The van der Waals surface area contributed by atoms with Gasteiger partial charge in [-0.3, -0.25) is 10.1 Å². The van der Waals surface area contributed by atoms with Gasteiger partial charge in [-0.25, -0.2) is 4.68 Å². The number of aromatic nitrogens is 4. The monoisotopic (exact) mass is 393 g/mol. The van der Waals surface area contributed by atoms with Crippen molar-refractivity contribution in [3.63, 3.8) is 0 Å². The smallest absolute Gasteiger partial charge is 0.262 e. The zero-order valence-electron chi connectivity index (χ0n) is 13.7. The lowest BCUT2D eigenvalue weighted by Crippen LogP contribution is -2.13. The molecule has 6 nitrogen and oxygen atoms in total. The maximum absolute atomic E-state index is 12.6. The summed E-state index contributed by atoms with van der Waals surface area (Å²) in [5.41, 5.74) is 1.99. The van der Waals surface area contributed by atoms with Gasteiger partial charge in [0.1, 0.15) is 5.15 Å². The van der Waals surface area contributed by atoms with Crippen molar-refractivity contribution in [1.82, 2.24) is 20.0 Å². The Hall–Kier alpha value is -1.90. The van der Waals surface area contributed by atoms with Gasteiger partial charge < -0.3 is 0 Å². The van der Waals surface area contributed by atoms with Gasteiger partial charge in [-0.1, -0.05) is 72.0 Å². The predicted octanol–water partition coefficient (Wildman–Crippen LogP) is 4.11.